The second kappa shape index (κ2) is 4.32. The molecule has 0 aliphatic carbocycles. The first-order valence-corrected chi connectivity index (χ1v) is 6.58. The summed E-state index contributed by atoms with van der Waals surface area (Å²) >= 11 is 0. The third kappa shape index (κ3) is 1.62. The standard InChI is InChI=1S/C15H20N2O/c1-10-15(13-5-4-8-16-13)12-9-11(18-3)6-7-14(12)17(10)2/h6-7,9,13,16H,4-5,8H2,1-3H3. The van der Waals surface area contributed by atoms with E-state index in [0.717, 1.165) is 12.3 Å². The zero-order chi connectivity index (χ0) is 12.7. The van der Waals surface area contributed by atoms with Crippen LogP contribution in [0.2, 0.25) is 0 Å². The van der Waals surface area contributed by atoms with Gasteiger partial charge in [0, 0.05) is 29.7 Å². The van der Waals surface area contributed by atoms with Crippen LogP contribution in [-0.4, -0.2) is 18.2 Å². The van der Waals surface area contributed by atoms with Crippen LogP contribution >= 0.6 is 0 Å². The van der Waals surface area contributed by atoms with Gasteiger partial charge in [-0.1, -0.05) is 0 Å². The van der Waals surface area contributed by atoms with Gasteiger partial charge in [-0.2, -0.15) is 0 Å². The molecule has 3 rings (SSSR count). The summed E-state index contributed by atoms with van der Waals surface area (Å²) in [6.07, 6.45) is 2.50. The van der Waals surface area contributed by atoms with E-state index in [1.807, 2.05) is 6.07 Å². The first kappa shape index (κ1) is 11.6. The molecule has 0 saturated carbocycles. The van der Waals surface area contributed by atoms with E-state index in [4.69, 9.17) is 4.74 Å². The lowest BCUT2D eigenvalue weighted by atomic mass is 10.0. The molecule has 1 saturated heterocycles. The van der Waals surface area contributed by atoms with Crippen molar-refractivity contribution in [2.75, 3.05) is 13.7 Å². The number of methoxy groups -OCH3 is 1. The highest BCUT2D eigenvalue weighted by molar-refractivity contribution is 5.87. The van der Waals surface area contributed by atoms with Crippen molar-refractivity contribution in [1.82, 2.24) is 9.88 Å². The maximum atomic E-state index is 5.36. The van der Waals surface area contributed by atoms with E-state index in [1.54, 1.807) is 7.11 Å². The first-order valence-electron chi connectivity index (χ1n) is 6.58. The Morgan fingerprint density at radius 2 is 2.22 bits per heavy atom. The fourth-order valence-electron chi connectivity index (χ4n) is 3.08. The lowest BCUT2D eigenvalue weighted by Crippen LogP contribution is -2.13. The van der Waals surface area contributed by atoms with Crippen LogP contribution in [-0.2, 0) is 7.05 Å². The van der Waals surface area contributed by atoms with Gasteiger partial charge in [-0.25, -0.2) is 0 Å². The Kier molecular flexibility index (Phi) is 2.78. The molecule has 0 amide bonds. The van der Waals surface area contributed by atoms with Crippen LogP contribution in [0.25, 0.3) is 10.9 Å². The first-order chi connectivity index (χ1) is 8.72. The monoisotopic (exact) mass is 244 g/mol. The van der Waals surface area contributed by atoms with Crippen molar-refractivity contribution in [3.8, 4) is 5.75 Å². The molecule has 0 bridgehead atoms. The molecule has 0 radical (unpaired) electrons. The van der Waals surface area contributed by atoms with Crippen LogP contribution in [0.15, 0.2) is 18.2 Å². The van der Waals surface area contributed by atoms with Crippen LogP contribution in [0.4, 0.5) is 0 Å². The summed E-state index contributed by atoms with van der Waals surface area (Å²) in [5.41, 5.74) is 4.10. The van der Waals surface area contributed by atoms with Crippen molar-refractivity contribution in [2.45, 2.75) is 25.8 Å². The molecule has 1 atom stereocenters. The fraction of sp³-hybridized carbons (Fsp3) is 0.467. The van der Waals surface area contributed by atoms with Crippen molar-refractivity contribution >= 4 is 10.9 Å². The van der Waals surface area contributed by atoms with E-state index in [-0.39, 0.29) is 0 Å². The summed E-state index contributed by atoms with van der Waals surface area (Å²) in [5.74, 6) is 0.937. The molecule has 96 valence electrons. The van der Waals surface area contributed by atoms with E-state index in [0.29, 0.717) is 6.04 Å². The highest BCUT2D eigenvalue weighted by Crippen LogP contribution is 2.35. The molecule has 1 fully saturated rings. The Hall–Kier alpha value is -1.48. The number of fused-ring (bicyclic) bond motifs is 1. The Bertz CT molecular complexity index is 580. The van der Waals surface area contributed by atoms with E-state index in [9.17, 15) is 0 Å². The fourth-order valence-corrected chi connectivity index (χ4v) is 3.08. The van der Waals surface area contributed by atoms with E-state index in [1.165, 1.54) is 35.0 Å². The topological polar surface area (TPSA) is 26.2 Å². The molecular formula is C15H20N2O. The van der Waals surface area contributed by atoms with Crippen LogP contribution in [0.3, 0.4) is 0 Å². The minimum absolute atomic E-state index is 0.501. The van der Waals surface area contributed by atoms with Gasteiger partial charge >= 0.3 is 0 Å². The van der Waals surface area contributed by atoms with Crippen molar-refractivity contribution in [1.29, 1.82) is 0 Å². The van der Waals surface area contributed by atoms with Crippen molar-refractivity contribution < 1.29 is 4.74 Å². The molecule has 1 unspecified atom stereocenters. The summed E-state index contributed by atoms with van der Waals surface area (Å²) in [4.78, 5) is 0. The molecule has 1 aromatic carbocycles. The summed E-state index contributed by atoms with van der Waals surface area (Å²) < 4.78 is 7.64. The number of aromatic nitrogens is 1. The predicted octanol–water partition coefficient (Wildman–Crippen LogP) is 2.92. The van der Waals surface area contributed by atoms with Crippen molar-refractivity contribution in [2.24, 2.45) is 7.05 Å². The second-order valence-corrected chi connectivity index (χ2v) is 5.09. The number of hydrogen-bond donors (Lipinski definition) is 1. The number of aryl methyl sites for hydroxylation is 1. The Labute approximate surface area is 108 Å². The lowest BCUT2D eigenvalue weighted by Gasteiger charge is -2.11. The van der Waals surface area contributed by atoms with Gasteiger partial charge in [-0.05, 0) is 50.1 Å². The quantitative estimate of drug-likeness (QED) is 0.879. The van der Waals surface area contributed by atoms with Crippen LogP contribution in [0.5, 0.6) is 5.75 Å². The summed E-state index contributed by atoms with van der Waals surface area (Å²) in [5, 5.41) is 4.93. The van der Waals surface area contributed by atoms with Gasteiger partial charge in [-0.15, -0.1) is 0 Å². The zero-order valence-corrected chi connectivity index (χ0v) is 11.3. The van der Waals surface area contributed by atoms with Gasteiger partial charge in [0.15, 0.2) is 0 Å². The normalized spacial score (nSPS) is 19.6. The molecule has 3 nitrogen and oxygen atoms in total. The number of benzene rings is 1. The SMILES string of the molecule is COc1ccc2c(c1)c(C1CCCN1)c(C)n2C. The third-order valence-corrected chi connectivity index (χ3v) is 4.16. The molecule has 1 N–H and O–H groups in total. The van der Waals surface area contributed by atoms with Gasteiger partial charge in [0.05, 0.1) is 7.11 Å². The molecule has 1 aliphatic rings. The smallest absolute Gasteiger partial charge is 0.119 e. The number of nitrogens with zero attached hydrogens (tertiary/aromatic N) is 1. The number of nitrogens with one attached hydrogen (secondary N) is 1. The molecule has 1 aliphatic heterocycles. The minimum atomic E-state index is 0.501. The average molecular weight is 244 g/mol. The summed E-state index contributed by atoms with van der Waals surface area (Å²) in [6.45, 7) is 3.34. The Morgan fingerprint density at radius 1 is 1.39 bits per heavy atom. The molecule has 0 spiro atoms. The molecule has 2 aromatic rings. The van der Waals surface area contributed by atoms with Crippen molar-refractivity contribution in [3.63, 3.8) is 0 Å². The third-order valence-electron chi connectivity index (χ3n) is 4.16. The van der Waals surface area contributed by atoms with E-state index < -0.39 is 0 Å². The maximum absolute atomic E-state index is 5.36. The van der Waals surface area contributed by atoms with E-state index >= 15 is 0 Å². The van der Waals surface area contributed by atoms with E-state index in [2.05, 4.69) is 36.0 Å². The number of rotatable bonds is 2. The highest BCUT2D eigenvalue weighted by atomic mass is 16.5. The van der Waals surface area contributed by atoms with Gasteiger partial charge in [0.2, 0.25) is 0 Å². The van der Waals surface area contributed by atoms with Gasteiger partial charge in [0.1, 0.15) is 5.75 Å². The van der Waals surface area contributed by atoms with Gasteiger partial charge < -0.3 is 14.6 Å². The van der Waals surface area contributed by atoms with Crippen LogP contribution in [0, 0.1) is 6.92 Å². The zero-order valence-electron chi connectivity index (χ0n) is 11.3. The number of hydrogen-bond acceptors (Lipinski definition) is 2. The molecule has 1 aromatic heterocycles. The Morgan fingerprint density at radius 3 is 2.89 bits per heavy atom. The lowest BCUT2D eigenvalue weighted by molar-refractivity contribution is 0.415. The largest absolute Gasteiger partial charge is 0.497 e. The van der Waals surface area contributed by atoms with Crippen LogP contribution < -0.4 is 10.1 Å². The second-order valence-electron chi connectivity index (χ2n) is 5.09. The van der Waals surface area contributed by atoms with Gasteiger partial charge in [0.25, 0.3) is 0 Å². The van der Waals surface area contributed by atoms with Crippen LogP contribution in [0.1, 0.15) is 30.1 Å². The number of ether oxygens (including phenoxy) is 1. The summed E-state index contributed by atoms with van der Waals surface area (Å²) in [6, 6.07) is 6.85. The molecular weight excluding hydrogens is 224 g/mol. The average Bonchev–Trinajstić information content (AvgIpc) is 2.98. The highest BCUT2D eigenvalue weighted by Gasteiger charge is 2.23. The Balaban J connectivity index is 2.24. The van der Waals surface area contributed by atoms with Gasteiger partial charge in [-0.3, -0.25) is 0 Å². The minimum Gasteiger partial charge on any atom is -0.497 e. The summed E-state index contributed by atoms with van der Waals surface area (Å²) in [7, 11) is 3.87. The maximum Gasteiger partial charge on any atom is 0.119 e. The molecule has 2 heterocycles. The predicted molar refractivity (Wildman–Crippen MR) is 74.2 cm³/mol. The molecule has 3 heteroatoms. The molecule has 18 heavy (non-hydrogen) atoms. The van der Waals surface area contributed by atoms with Crippen molar-refractivity contribution in [3.05, 3.63) is 29.5 Å².